The molecular weight excluding hydrogens is 252 g/mol. The van der Waals surface area contributed by atoms with Crippen LogP contribution in [-0.4, -0.2) is 49.7 Å². The lowest BCUT2D eigenvalue weighted by Crippen LogP contribution is -2.28. The standard InChI is InChI=1S/C15H22N4O/c1-11-8-13(10-18(11)2)17-12-4-3-5-14(9-12)19-7-6-16-15(19)20/h3-5,9,11,13,17H,6-8,10H2,1-2H3,(H,16,20). The highest BCUT2D eigenvalue weighted by Gasteiger charge is 2.26. The minimum Gasteiger partial charge on any atom is -0.381 e. The summed E-state index contributed by atoms with van der Waals surface area (Å²) in [4.78, 5) is 15.9. The van der Waals surface area contributed by atoms with Crippen molar-refractivity contribution in [2.24, 2.45) is 0 Å². The molecule has 2 heterocycles. The summed E-state index contributed by atoms with van der Waals surface area (Å²) in [7, 11) is 2.16. The van der Waals surface area contributed by atoms with E-state index in [1.165, 1.54) is 0 Å². The first-order chi connectivity index (χ1) is 9.63. The van der Waals surface area contributed by atoms with Crippen molar-refractivity contribution in [1.29, 1.82) is 0 Å². The molecule has 3 rings (SSSR count). The van der Waals surface area contributed by atoms with Crippen molar-refractivity contribution < 1.29 is 4.79 Å². The molecule has 5 nitrogen and oxygen atoms in total. The highest BCUT2D eigenvalue weighted by Crippen LogP contribution is 2.24. The first kappa shape index (κ1) is 13.2. The van der Waals surface area contributed by atoms with E-state index in [0.717, 1.165) is 37.4 Å². The fourth-order valence-corrected chi connectivity index (χ4v) is 3.02. The van der Waals surface area contributed by atoms with E-state index in [9.17, 15) is 4.79 Å². The molecule has 2 fully saturated rings. The van der Waals surface area contributed by atoms with Gasteiger partial charge in [-0.1, -0.05) is 6.07 Å². The predicted octanol–water partition coefficient (Wildman–Crippen LogP) is 1.72. The zero-order chi connectivity index (χ0) is 14.1. The number of hydrogen-bond acceptors (Lipinski definition) is 3. The van der Waals surface area contributed by atoms with Gasteiger partial charge in [0.05, 0.1) is 0 Å². The normalized spacial score (nSPS) is 26.9. The number of anilines is 2. The first-order valence-electron chi connectivity index (χ1n) is 7.25. The van der Waals surface area contributed by atoms with Crippen LogP contribution in [0, 0.1) is 0 Å². The lowest BCUT2D eigenvalue weighted by Gasteiger charge is -2.18. The van der Waals surface area contributed by atoms with Gasteiger partial charge in [-0.3, -0.25) is 4.90 Å². The zero-order valence-electron chi connectivity index (χ0n) is 12.1. The Balaban J connectivity index is 1.70. The Morgan fingerprint density at radius 3 is 2.90 bits per heavy atom. The van der Waals surface area contributed by atoms with Gasteiger partial charge in [0.25, 0.3) is 0 Å². The maximum absolute atomic E-state index is 11.7. The lowest BCUT2D eigenvalue weighted by atomic mass is 10.1. The van der Waals surface area contributed by atoms with Gasteiger partial charge in [0.2, 0.25) is 0 Å². The third-order valence-corrected chi connectivity index (χ3v) is 4.27. The maximum Gasteiger partial charge on any atom is 0.321 e. The van der Waals surface area contributed by atoms with Gasteiger partial charge in [-0.2, -0.15) is 0 Å². The number of amides is 2. The summed E-state index contributed by atoms with van der Waals surface area (Å²) in [6.07, 6.45) is 1.16. The largest absolute Gasteiger partial charge is 0.381 e. The van der Waals surface area contributed by atoms with Gasteiger partial charge in [-0.15, -0.1) is 0 Å². The Hall–Kier alpha value is -1.75. The summed E-state index contributed by atoms with van der Waals surface area (Å²) in [5.41, 5.74) is 2.05. The van der Waals surface area contributed by atoms with Gasteiger partial charge in [0.1, 0.15) is 0 Å². The highest BCUT2D eigenvalue weighted by atomic mass is 16.2. The van der Waals surface area contributed by atoms with Gasteiger partial charge in [0.15, 0.2) is 0 Å². The van der Waals surface area contributed by atoms with Gasteiger partial charge < -0.3 is 15.5 Å². The fourth-order valence-electron chi connectivity index (χ4n) is 3.02. The number of likely N-dealkylation sites (tertiary alicyclic amines) is 1. The summed E-state index contributed by atoms with van der Waals surface area (Å²) in [5, 5.41) is 6.41. The highest BCUT2D eigenvalue weighted by molar-refractivity contribution is 5.94. The molecule has 0 aliphatic carbocycles. The maximum atomic E-state index is 11.7. The van der Waals surface area contributed by atoms with Crippen LogP contribution in [0.15, 0.2) is 24.3 Å². The molecule has 0 saturated carbocycles. The van der Waals surface area contributed by atoms with Crippen LogP contribution in [0.4, 0.5) is 16.2 Å². The van der Waals surface area contributed by atoms with E-state index in [0.29, 0.717) is 12.1 Å². The molecule has 0 radical (unpaired) electrons. The Kier molecular flexibility index (Phi) is 3.53. The Morgan fingerprint density at radius 2 is 2.25 bits per heavy atom. The molecular formula is C15H22N4O. The quantitative estimate of drug-likeness (QED) is 0.882. The second kappa shape index (κ2) is 5.32. The lowest BCUT2D eigenvalue weighted by molar-refractivity contribution is 0.252. The summed E-state index contributed by atoms with van der Waals surface area (Å²) in [5.74, 6) is 0. The SMILES string of the molecule is CC1CC(Nc2cccc(N3CCNC3=O)c2)CN1C. The Morgan fingerprint density at radius 1 is 1.40 bits per heavy atom. The summed E-state index contributed by atoms with van der Waals surface area (Å²) >= 11 is 0. The first-order valence-corrected chi connectivity index (χ1v) is 7.25. The topological polar surface area (TPSA) is 47.6 Å². The van der Waals surface area contributed by atoms with Gasteiger partial charge in [-0.05, 0) is 38.6 Å². The van der Waals surface area contributed by atoms with Crippen LogP contribution < -0.4 is 15.5 Å². The number of rotatable bonds is 3. The van der Waals surface area contributed by atoms with Gasteiger partial charge >= 0.3 is 6.03 Å². The third kappa shape index (κ3) is 2.58. The third-order valence-electron chi connectivity index (χ3n) is 4.27. The molecule has 0 bridgehead atoms. The molecule has 20 heavy (non-hydrogen) atoms. The monoisotopic (exact) mass is 274 g/mol. The second-order valence-corrected chi connectivity index (χ2v) is 5.80. The number of nitrogens with one attached hydrogen (secondary N) is 2. The molecule has 2 unspecified atom stereocenters. The van der Waals surface area contributed by atoms with Crippen molar-refractivity contribution in [3.63, 3.8) is 0 Å². The van der Waals surface area contributed by atoms with Crippen molar-refractivity contribution in [2.45, 2.75) is 25.4 Å². The van der Waals surface area contributed by atoms with E-state index in [4.69, 9.17) is 0 Å². The predicted molar refractivity (Wildman–Crippen MR) is 81.3 cm³/mol. The molecule has 2 aliphatic rings. The molecule has 2 N–H and O–H groups in total. The van der Waals surface area contributed by atoms with Crippen molar-refractivity contribution in [3.8, 4) is 0 Å². The average molecular weight is 274 g/mol. The van der Waals surface area contributed by atoms with Crippen LogP contribution in [0.1, 0.15) is 13.3 Å². The molecule has 108 valence electrons. The van der Waals surface area contributed by atoms with Crippen LogP contribution in [0.5, 0.6) is 0 Å². The molecule has 5 heteroatoms. The van der Waals surface area contributed by atoms with Crippen LogP contribution in [-0.2, 0) is 0 Å². The molecule has 0 aromatic heterocycles. The van der Waals surface area contributed by atoms with Crippen molar-refractivity contribution in [1.82, 2.24) is 10.2 Å². The second-order valence-electron chi connectivity index (χ2n) is 5.80. The Bertz CT molecular complexity index is 494. The van der Waals surface area contributed by atoms with Crippen molar-refractivity contribution >= 4 is 17.4 Å². The van der Waals surface area contributed by atoms with Crippen LogP contribution in [0.2, 0.25) is 0 Å². The summed E-state index contributed by atoms with van der Waals surface area (Å²) < 4.78 is 0. The van der Waals surface area contributed by atoms with E-state index in [1.54, 1.807) is 4.90 Å². The van der Waals surface area contributed by atoms with E-state index in [-0.39, 0.29) is 6.03 Å². The van der Waals surface area contributed by atoms with Crippen molar-refractivity contribution in [2.75, 3.05) is 36.9 Å². The molecule has 1 aromatic rings. The molecule has 2 atom stereocenters. The number of carbonyl (C=O) groups excluding carboxylic acids is 1. The van der Waals surface area contributed by atoms with E-state index < -0.39 is 0 Å². The fraction of sp³-hybridized carbons (Fsp3) is 0.533. The number of nitrogens with zero attached hydrogens (tertiary/aromatic N) is 2. The number of urea groups is 1. The summed E-state index contributed by atoms with van der Waals surface area (Å²) in [6, 6.07) is 9.23. The zero-order valence-corrected chi connectivity index (χ0v) is 12.1. The van der Waals surface area contributed by atoms with Crippen LogP contribution in [0.25, 0.3) is 0 Å². The minimum absolute atomic E-state index is 0.00336. The molecule has 2 saturated heterocycles. The van der Waals surface area contributed by atoms with Crippen LogP contribution in [0.3, 0.4) is 0 Å². The minimum atomic E-state index is -0.00336. The van der Waals surface area contributed by atoms with Gasteiger partial charge in [0, 0.05) is 43.1 Å². The molecule has 2 amide bonds. The summed E-state index contributed by atoms with van der Waals surface area (Å²) in [6.45, 7) is 4.79. The number of carbonyl (C=O) groups is 1. The number of likely N-dealkylation sites (N-methyl/N-ethyl adjacent to an activating group) is 1. The smallest absolute Gasteiger partial charge is 0.321 e. The van der Waals surface area contributed by atoms with Gasteiger partial charge in [-0.25, -0.2) is 4.79 Å². The van der Waals surface area contributed by atoms with E-state index in [1.807, 2.05) is 12.1 Å². The number of hydrogen-bond donors (Lipinski definition) is 2. The Labute approximate surface area is 119 Å². The number of benzene rings is 1. The van der Waals surface area contributed by atoms with E-state index in [2.05, 4.69) is 41.6 Å². The van der Waals surface area contributed by atoms with Crippen molar-refractivity contribution in [3.05, 3.63) is 24.3 Å². The van der Waals surface area contributed by atoms with Crippen LogP contribution >= 0.6 is 0 Å². The average Bonchev–Trinajstić information content (AvgIpc) is 2.97. The molecule has 2 aliphatic heterocycles. The molecule has 1 aromatic carbocycles. The molecule has 0 spiro atoms. The van der Waals surface area contributed by atoms with E-state index >= 15 is 0 Å².